The van der Waals surface area contributed by atoms with Gasteiger partial charge in [-0.1, -0.05) is 30.3 Å². The summed E-state index contributed by atoms with van der Waals surface area (Å²) in [6, 6.07) is 10.3. The molecule has 1 saturated heterocycles. The van der Waals surface area contributed by atoms with E-state index in [0.717, 1.165) is 31.0 Å². The van der Waals surface area contributed by atoms with E-state index >= 15 is 0 Å². The monoisotopic (exact) mass is 383 g/mol. The Balaban J connectivity index is 1.41. The van der Waals surface area contributed by atoms with E-state index in [9.17, 15) is 4.79 Å². The summed E-state index contributed by atoms with van der Waals surface area (Å²) in [4.78, 5) is 22.9. The number of aromatic nitrogens is 1. The van der Waals surface area contributed by atoms with E-state index in [0.29, 0.717) is 31.4 Å². The first-order valence-electron chi connectivity index (χ1n) is 9.74. The number of amides is 1. The van der Waals surface area contributed by atoms with Gasteiger partial charge in [0.25, 0.3) is 0 Å². The Labute approximate surface area is 166 Å². The SMILES string of the molecule is CN=C(NCc1nc(C)c(C)o1)NCC1CC(=O)N(CCc2ccccc2)C1. The van der Waals surface area contributed by atoms with Crippen molar-refractivity contribution in [2.45, 2.75) is 33.2 Å². The van der Waals surface area contributed by atoms with Gasteiger partial charge in [0.2, 0.25) is 11.8 Å². The number of oxazole rings is 1. The molecule has 1 aliphatic rings. The molecule has 1 atom stereocenters. The van der Waals surface area contributed by atoms with Crippen LogP contribution in [0.1, 0.15) is 29.3 Å². The Morgan fingerprint density at radius 1 is 1.29 bits per heavy atom. The molecule has 0 spiro atoms. The van der Waals surface area contributed by atoms with Crippen molar-refractivity contribution in [3.05, 3.63) is 53.2 Å². The summed E-state index contributed by atoms with van der Waals surface area (Å²) in [5.41, 5.74) is 2.17. The van der Waals surface area contributed by atoms with E-state index in [2.05, 4.69) is 32.7 Å². The summed E-state index contributed by atoms with van der Waals surface area (Å²) in [5.74, 6) is 2.68. The van der Waals surface area contributed by atoms with Crippen LogP contribution in [0.4, 0.5) is 0 Å². The summed E-state index contributed by atoms with van der Waals surface area (Å²) < 4.78 is 5.57. The number of hydrogen-bond acceptors (Lipinski definition) is 4. The fraction of sp³-hybridized carbons (Fsp3) is 0.476. The number of rotatable bonds is 7. The molecule has 0 saturated carbocycles. The van der Waals surface area contributed by atoms with Gasteiger partial charge in [0, 0.05) is 39.0 Å². The number of benzene rings is 1. The standard InChI is InChI=1S/C21H29N5O2/c1-15-16(2)28-19(25-15)13-24-21(22-3)23-12-18-11-20(27)26(14-18)10-9-17-7-5-4-6-8-17/h4-8,18H,9-14H2,1-3H3,(H2,22,23,24). The van der Waals surface area contributed by atoms with Crippen LogP contribution in [0.25, 0.3) is 0 Å². The predicted octanol–water partition coefficient (Wildman–Crippen LogP) is 2.05. The van der Waals surface area contributed by atoms with Gasteiger partial charge in [-0.05, 0) is 25.8 Å². The maximum absolute atomic E-state index is 12.3. The maximum Gasteiger partial charge on any atom is 0.223 e. The minimum Gasteiger partial charge on any atom is -0.444 e. The van der Waals surface area contributed by atoms with Crippen LogP contribution in [0.5, 0.6) is 0 Å². The topological polar surface area (TPSA) is 82.8 Å². The van der Waals surface area contributed by atoms with E-state index < -0.39 is 0 Å². The predicted molar refractivity (Wildman–Crippen MR) is 109 cm³/mol. The number of nitrogens with zero attached hydrogens (tertiary/aromatic N) is 3. The molecular formula is C21H29N5O2. The first-order chi connectivity index (χ1) is 13.5. The second kappa shape index (κ2) is 9.39. The molecule has 3 rings (SSSR count). The molecule has 0 aliphatic carbocycles. The first-order valence-corrected chi connectivity index (χ1v) is 9.74. The highest BCUT2D eigenvalue weighted by molar-refractivity contribution is 5.80. The van der Waals surface area contributed by atoms with Crippen LogP contribution >= 0.6 is 0 Å². The summed E-state index contributed by atoms with van der Waals surface area (Å²) in [6.45, 7) is 6.57. The fourth-order valence-electron chi connectivity index (χ4n) is 3.35. The number of likely N-dealkylation sites (tertiary alicyclic amines) is 1. The molecule has 0 bridgehead atoms. The zero-order valence-corrected chi connectivity index (χ0v) is 16.9. The van der Waals surface area contributed by atoms with Crippen molar-refractivity contribution < 1.29 is 9.21 Å². The zero-order valence-electron chi connectivity index (χ0n) is 16.9. The molecule has 150 valence electrons. The Bertz CT molecular complexity index is 796. The van der Waals surface area contributed by atoms with Gasteiger partial charge in [-0.2, -0.15) is 0 Å². The third-order valence-electron chi connectivity index (χ3n) is 5.07. The summed E-state index contributed by atoms with van der Waals surface area (Å²) in [7, 11) is 1.73. The van der Waals surface area contributed by atoms with Crippen molar-refractivity contribution in [2.24, 2.45) is 10.9 Å². The van der Waals surface area contributed by atoms with E-state index in [-0.39, 0.29) is 11.8 Å². The smallest absolute Gasteiger partial charge is 0.223 e. The second-order valence-corrected chi connectivity index (χ2v) is 7.20. The molecule has 1 fully saturated rings. The molecule has 1 aromatic heterocycles. The Morgan fingerprint density at radius 2 is 2.07 bits per heavy atom. The summed E-state index contributed by atoms with van der Waals surface area (Å²) >= 11 is 0. The van der Waals surface area contributed by atoms with Crippen LogP contribution in [0.3, 0.4) is 0 Å². The van der Waals surface area contributed by atoms with Gasteiger partial charge < -0.3 is 20.0 Å². The lowest BCUT2D eigenvalue weighted by Gasteiger charge is -2.17. The second-order valence-electron chi connectivity index (χ2n) is 7.20. The van der Waals surface area contributed by atoms with E-state index in [1.54, 1.807) is 7.05 Å². The number of aryl methyl sites for hydroxylation is 2. The fourth-order valence-corrected chi connectivity index (χ4v) is 3.35. The molecule has 2 aromatic rings. The molecule has 2 heterocycles. The van der Waals surface area contributed by atoms with Crippen LogP contribution in [0.15, 0.2) is 39.7 Å². The molecule has 7 nitrogen and oxygen atoms in total. The highest BCUT2D eigenvalue weighted by atomic mass is 16.4. The molecule has 1 aromatic carbocycles. The van der Waals surface area contributed by atoms with E-state index in [4.69, 9.17) is 4.42 Å². The van der Waals surface area contributed by atoms with Crippen molar-refractivity contribution in [1.82, 2.24) is 20.5 Å². The molecule has 2 N–H and O–H groups in total. The average molecular weight is 383 g/mol. The summed E-state index contributed by atoms with van der Waals surface area (Å²) in [6.07, 6.45) is 1.47. The lowest BCUT2D eigenvalue weighted by Crippen LogP contribution is -2.40. The van der Waals surface area contributed by atoms with Gasteiger partial charge in [-0.15, -0.1) is 0 Å². The van der Waals surface area contributed by atoms with Crippen molar-refractivity contribution >= 4 is 11.9 Å². The lowest BCUT2D eigenvalue weighted by atomic mass is 10.1. The van der Waals surface area contributed by atoms with Crippen LogP contribution < -0.4 is 10.6 Å². The number of hydrogen-bond donors (Lipinski definition) is 2. The summed E-state index contributed by atoms with van der Waals surface area (Å²) in [5, 5.41) is 6.51. The molecule has 0 radical (unpaired) electrons. The normalized spacial score (nSPS) is 17.2. The van der Waals surface area contributed by atoms with Crippen LogP contribution in [-0.2, 0) is 17.8 Å². The molecular weight excluding hydrogens is 354 g/mol. The van der Waals surface area contributed by atoms with Gasteiger partial charge in [-0.3, -0.25) is 9.79 Å². The molecule has 7 heteroatoms. The van der Waals surface area contributed by atoms with Gasteiger partial charge >= 0.3 is 0 Å². The molecule has 1 unspecified atom stereocenters. The van der Waals surface area contributed by atoms with Crippen molar-refractivity contribution in [2.75, 3.05) is 26.7 Å². The minimum absolute atomic E-state index is 0.233. The zero-order chi connectivity index (χ0) is 19.9. The lowest BCUT2D eigenvalue weighted by molar-refractivity contribution is -0.127. The van der Waals surface area contributed by atoms with Gasteiger partial charge in [-0.25, -0.2) is 4.98 Å². The van der Waals surface area contributed by atoms with Crippen LogP contribution in [0.2, 0.25) is 0 Å². The van der Waals surface area contributed by atoms with E-state index in [1.807, 2.05) is 36.9 Å². The van der Waals surface area contributed by atoms with Gasteiger partial charge in [0.15, 0.2) is 5.96 Å². The highest BCUT2D eigenvalue weighted by Crippen LogP contribution is 2.17. The quantitative estimate of drug-likeness (QED) is 0.565. The molecule has 28 heavy (non-hydrogen) atoms. The Kier molecular flexibility index (Phi) is 6.68. The Hall–Kier alpha value is -2.83. The maximum atomic E-state index is 12.3. The molecule has 1 aliphatic heterocycles. The average Bonchev–Trinajstić information content (AvgIpc) is 3.22. The number of aliphatic imine (C=N–C) groups is 1. The molecule has 1 amide bonds. The largest absolute Gasteiger partial charge is 0.444 e. The van der Waals surface area contributed by atoms with Gasteiger partial charge in [0.1, 0.15) is 5.76 Å². The highest BCUT2D eigenvalue weighted by Gasteiger charge is 2.29. The van der Waals surface area contributed by atoms with Crippen molar-refractivity contribution in [3.8, 4) is 0 Å². The third kappa shape index (κ3) is 5.34. The minimum atomic E-state index is 0.233. The number of nitrogens with one attached hydrogen (secondary N) is 2. The van der Waals surface area contributed by atoms with Crippen molar-refractivity contribution in [3.63, 3.8) is 0 Å². The van der Waals surface area contributed by atoms with Gasteiger partial charge in [0.05, 0.1) is 12.2 Å². The number of guanidine groups is 1. The first kappa shape index (κ1) is 19.9. The Morgan fingerprint density at radius 3 is 2.75 bits per heavy atom. The van der Waals surface area contributed by atoms with Crippen LogP contribution in [-0.4, -0.2) is 48.4 Å². The number of carbonyl (C=O) groups excluding carboxylic acids is 1. The number of carbonyl (C=O) groups is 1. The third-order valence-corrected chi connectivity index (χ3v) is 5.07. The van der Waals surface area contributed by atoms with E-state index in [1.165, 1.54) is 5.56 Å². The van der Waals surface area contributed by atoms with Crippen LogP contribution in [0, 0.1) is 19.8 Å². The van der Waals surface area contributed by atoms with Crippen molar-refractivity contribution in [1.29, 1.82) is 0 Å².